The number of H-pyrrole nitrogens is 1. The summed E-state index contributed by atoms with van der Waals surface area (Å²) >= 11 is 0. The van der Waals surface area contributed by atoms with E-state index in [2.05, 4.69) is 10.2 Å². The normalized spacial score (nSPS) is 20.0. The Morgan fingerprint density at radius 3 is 2.66 bits per heavy atom. The van der Waals surface area contributed by atoms with Crippen LogP contribution >= 0.6 is 0 Å². The van der Waals surface area contributed by atoms with Crippen LogP contribution in [0, 0.1) is 5.82 Å². The van der Waals surface area contributed by atoms with Crippen molar-refractivity contribution in [1.82, 2.24) is 20.0 Å². The Kier molecular flexibility index (Phi) is 5.89. The number of hydrogen-bond donors (Lipinski definition) is 1. The van der Waals surface area contributed by atoms with Crippen molar-refractivity contribution in [2.75, 3.05) is 32.8 Å². The van der Waals surface area contributed by atoms with Crippen LogP contribution in [0.5, 0.6) is 0 Å². The van der Waals surface area contributed by atoms with Gasteiger partial charge in [-0.2, -0.15) is 5.10 Å². The number of nitrogens with zero attached hydrogens (tertiary/aromatic N) is 3. The molecule has 0 saturated carbocycles. The number of aromatic nitrogens is 2. The Labute approximate surface area is 168 Å². The Morgan fingerprint density at radius 1 is 1.14 bits per heavy atom. The van der Waals surface area contributed by atoms with E-state index in [-0.39, 0.29) is 30.1 Å². The summed E-state index contributed by atoms with van der Waals surface area (Å²) in [7, 11) is 0. The maximum absolute atomic E-state index is 13.1. The molecule has 1 aromatic heterocycles. The maximum Gasteiger partial charge on any atom is 0.274 e. The second-order valence-electron chi connectivity index (χ2n) is 7.52. The number of hydrogen-bond acceptors (Lipinski definition) is 4. The van der Waals surface area contributed by atoms with Crippen LogP contribution in [0.4, 0.5) is 4.39 Å². The van der Waals surface area contributed by atoms with E-state index < -0.39 is 0 Å². The minimum Gasteiger partial charge on any atom is -0.378 e. The summed E-state index contributed by atoms with van der Waals surface area (Å²) in [5, 5.41) is 7.20. The molecule has 1 unspecified atom stereocenters. The second-order valence-corrected chi connectivity index (χ2v) is 7.52. The first kappa shape index (κ1) is 19.6. The summed E-state index contributed by atoms with van der Waals surface area (Å²) in [6.45, 7) is 2.87. The molecule has 2 aliphatic rings. The van der Waals surface area contributed by atoms with Crippen LogP contribution in [-0.4, -0.2) is 64.7 Å². The van der Waals surface area contributed by atoms with E-state index in [4.69, 9.17) is 4.74 Å². The van der Waals surface area contributed by atoms with E-state index >= 15 is 0 Å². The number of nitrogens with one attached hydrogen (secondary N) is 1. The zero-order valence-corrected chi connectivity index (χ0v) is 16.3. The largest absolute Gasteiger partial charge is 0.378 e. The molecule has 0 spiro atoms. The number of carbonyl (C=O) groups excluding carboxylic acids is 2. The Morgan fingerprint density at radius 2 is 1.90 bits per heavy atom. The molecule has 3 heterocycles. The van der Waals surface area contributed by atoms with Crippen molar-refractivity contribution in [3.63, 3.8) is 0 Å². The smallest absolute Gasteiger partial charge is 0.274 e. The van der Waals surface area contributed by atoms with Crippen LogP contribution in [0.2, 0.25) is 0 Å². The zero-order valence-electron chi connectivity index (χ0n) is 16.3. The summed E-state index contributed by atoms with van der Waals surface area (Å²) in [5.74, 6) is -0.431. The highest BCUT2D eigenvalue weighted by molar-refractivity contribution is 5.92. The number of piperidine rings is 1. The van der Waals surface area contributed by atoms with Crippen molar-refractivity contribution < 1.29 is 18.7 Å². The SMILES string of the molecule is O=C(c1cc(C2CCCCN2C(=O)Cc2ccc(F)cc2)[nH]n1)N1CCOCC1. The summed E-state index contributed by atoms with van der Waals surface area (Å²) in [5.41, 5.74) is 1.95. The quantitative estimate of drug-likeness (QED) is 0.854. The fraction of sp³-hybridized carbons (Fsp3) is 0.476. The van der Waals surface area contributed by atoms with Crippen LogP contribution in [0.1, 0.15) is 47.1 Å². The highest BCUT2D eigenvalue weighted by atomic mass is 19.1. The molecule has 2 aromatic rings. The summed E-state index contributed by atoms with van der Waals surface area (Å²) < 4.78 is 18.4. The van der Waals surface area contributed by atoms with Gasteiger partial charge in [0.1, 0.15) is 11.5 Å². The molecular formula is C21H25FN4O3. The van der Waals surface area contributed by atoms with Gasteiger partial charge in [-0.1, -0.05) is 12.1 Å². The van der Waals surface area contributed by atoms with E-state index in [0.29, 0.717) is 38.5 Å². The Balaban J connectivity index is 1.47. The Hall–Kier alpha value is -2.74. The third-order valence-corrected chi connectivity index (χ3v) is 5.57. The average Bonchev–Trinajstić information content (AvgIpc) is 3.25. The molecule has 7 nitrogen and oxygen atoms in total. The minimum atomic E-state index is -0.313. The second kappa shape index (κ2) is 8.73. The van der Waals surface area contributed by atoms with Gasteiger partial charge in [0.15, 0.2) is 0 Å². The number of aromatic amines is 1. The third-order valence-electron chi connectivity index (χ3n) is 5.57. The highest BCUT2D eigenvalue weighted by Gasteiger charge is 2.30. The predicted molar refractivity (Wildman–Crippen MR) is 104 cm³/mol. The molecule has 2 amide bonds. The number of likely N-dealkylation sites (tertiary alicyclic amines) is 1. The molecule has 4 rings (SSSR count). The van der Waals surface area contributed by atoms with Crippen molar-refractivity contribution in [2.24, 2.45) is 0 Å². The van der Waals surface area contributed by atoms with Gasteiger partial charge in [0.05, 0.1) is 31.4 Å². The molecule has 2 aliphatic heterocycles. The van der Waals surface area contributed by atoms with Gasteiger partial charge >= 0.3 is 0 Å². The molecule has 8 heteroatoms. The lowest BCUT2D eigenvalue weighted by molar-refractivity contribution is -0.134. The monoisotopic (exact) mass is 400 g/mol. The van der Waals surface area contributed by atoms with Crippen LogP contribution in [0.3, 0.4) is 0 Å². The number of amides is 2. The lowest BCUT2D eigenvalue weighted by atomic mass is 9.98. The molecule has 1 N–H and O–H groups in total. The van der Waals surface area contributed by atoms with Gasteiger partial charge in [0, 0.05) is 19.6 Å². The minimum absolute atomic E-state index is 0.00281. The molecular weight excluding hydrogens is 375 g/mol. The van der Waals surface area contributed by atoms with E-state index in [1.165, 1.54) is 12.1 Å². The molecule has 2 fully saturated rings. The van der Waals surface area contributed by atoms with Crippen molar-refractivity contribution in [1.29, 1.82) is 0 Å². The predicted octanol–water partition coefficient (Wildman–Crippen LogP) is 2.32. The Bertz CT molecular complexity index is 861. The van der Waals surface area contributed by atoms with Crippen LogP contribution in [0.25, 0.3) is 0 Å². The van der Waals surface area contributed by atoms with Gasteiger partial charge < -0.3 is 14.5 Å². The van der Waals surface area contributed by atoms with Crippen LogP contribution in [-0.2, 0) is 16.0 Å². The summed E-state index contributed by atoms with van der Waals surface area (Å²) in [6.07, 6.45) is 3.00. The van der Waals surface area contributed by atoms with Gasteiger partial charge in [-0.15, -0.1) is 0 Å². The highest BCUT2D eigenvalue weighted by Crippen LogP contribution is 2.31. The van der Waals surface area contributed by atoms with Gasteiger partial charge in [-0.3, -0.25) is 14.7 Å². The van der Waals surface area contributed by atoms with E-state index in [1.807, 2.05) is 4.90 Å². The lowest BCUT2D eigenvalue weighted by Gasteiger charge is -2.35. The molecule has 0 radical (unpaired) electrons. The van der Waals surface area contributed by atoms with Crippen molar-refractivity contribution in [3.05, 3.63) is 53.1 Å². The molecule has 1 aromatic carbocycles. The van der Waals surface area contributed by atoms with Gasteiger partial charge in [0.25, 0.3) is 5.91 Å². The number of rotatable bonds is 4. The van der Waals surface area contributed by atoms with Gasteiger partial charge in [0.2, 0.25) is 5.91 Å². The van der Waals surface area contributed by atoms with Crippen LogP contribution in [0.15, 0.2) is 30.3 Å². The first-order chi connectivity index (χ1) is 14.1. The number of carbonyl (C=O) groups is 2. The molecule has 29 heavy (non-hydrogen) atoms. The van der Waals surface area contributed by atoms with E-state index in [0.717, 1.165) is 30.5 Å². The summed E-state index contributed by atoms with van der Waals surface area (Å²) in [6, 6.07) is 7.66. The molecule has 154 valence electrons. The van der Waals surface area contributed by atoms with Crippen LogP contribution < -0.4 is 0 Å². The lowest BCUT2D eigenvalue weighted by Crippen LogP contribution is -2.41. The zero-order chi connectivity index (χ0) is 20.2. The maximum atomic E-state index is 13.1. The molecule has 0 bridgehead atoms. The fourth-order valence-corrected chi connectivity index (χ4v) is 3.98. The number of ether oxygens (including phenoxy) is 1. The van der Waals surface area contributed by atoms with Gasteiger partial charge in [-0.05, 0) is 43.0 Å². The van der Waals surface area contributed by atoms with E-state index in [1.54, 1.807) is 23.1 Å². The average molecular weight is 400 g/mol. The number of halogens is 1. The van der Waals surface area contributed by atoms with Crippen molar-refractivity contribution in [3.8, 4) is 0 Å². The molecule has 0 aliphatic carbocycles. The fourth-order valence-electron chi connectivity index (χ4n) is 3.98. The first-order valence-corrected chi connectivity index (χ1v) is 10.1. The van der Waals surface area contributed by atoms with Crippen molar-refractivity contribution >= 4 is 11.8 Å². The number of benzene rings is 1. The van der Waals surface area contributed by atoms with Crippen molar-refractivity contribution in [2.45, 2.75) is 31.7 Å². The summed E-state index contributed by atoms with van der Waals surface area (Å²) in [4.78, 5) is 29.2. The van der Waals surface area contributed by atoms with Gasteiger partial charge in [-0.25, -0.2) is 4.39 Å². The first-order valence-electron chi connectivity index (χ1n) is 10.1. The number of morpholine rings is 1. The molecule has 2 saturated heterocycles. The topological polar surface area (TPSA) is 78.5 Å². The van der Waals surface area contributed by atoms with E-state index in [9.17, 15) is 14.0 Å². The third kappa shape index (κ3) is 4.48. The molecule has 1 atom stereocenters. The standard InChI is InChI=1S/C21H25FN4O3/c22-16-6-4-15(5-7-16)13-20(27)26-8-2-1-3-19(26)17-14-18(24-23-17)21(28)25-9-11-29-12-10-25/h4-7,14,19H,1-3,8-13H2,(H,23,24).